The van der Waals surface area contributed by atoms with Crippen molar-refractivity contribution in [2.75, 3.05) is 13.1 Å². The highest BCUT2D eigenvalue weighted by Gasteiger charge is 2.27. The van der Waals surface area contributed by atoms with Crippen LogP contribution < -0.4 is 10.6 Å². The maximum Gasteiger partial charge on any atom is 0.274 e. The maximum absolute atomic E-state index is 13.3. The molecular formula is C21H31ClFN5O. The Morgan fingerprint density at radius 1 is 1.28 bits per heavy atom. The minimum Gasteiger partial charge on any atom is -0.344 e. The SMILES string of the molecule is Cc1c(C(=O)NC(CC(C)(C)C)c2ccc(F)cc2)nnn1C1CCNCC1.Cl. The van der Waals surface area contributed by atoms with Crippen LogP contribution in [0.5, 0.6) is 0 Å². The first-order valence-electron chi connectivity index (χ1n) is 9.93. The van der Waals surface area contributed by atoms with E-state index in [1.165, 1.54) is 12.1 Å². The Bertz CT molecular complexity index is 809. The van der Waals surface area contributed by atoms with Crippen molar-refractivity contribution in [1.29, 1.82) is 0 Å². The normalized spacial score (nSPS) is 16.2. The van der Waals surface area contributed by atoms with E-state index >= 15 is 0 Å². The van der Waals surface area contributed by atoms with Gasteiger partial charge >= 0.3 is 0 Å². The molecule has 1 atom stereocenters. The second-order valence-electron chi connectivity index (χ2n) is 8.79. The van der Waals surface area contributed by atoms with E-state index in [4.69, 9.17) is 0 Å². The molecule has 160 valence electrons. The van der Waals surface area contributed by atoms with Gasteiger partial charge in [0.1, 0.15) is 5.82 Å². The summed E-state index contributed by atoms with van der Waals surface area (Å²) in [6.45, 7) is 10.2. The first kappa shape index (κ1) is 23.3. The molecule has 1 amide bonds. The first-order valence-corrected chi connectivity index (χ1v) is 9.93. The third-order valence-corrected chi connectivity index (χ3v) is 5.19. The first-order chi connectivity index (χ1) is 13.2. The Balaban J connectivity index is 0.00000300. The molecule has 2 N–H and O–H groups in total. The van der Waals surface area contributed by atoms with Crippen LogP contribution in [0.25, 0.3) is 0 Å². The van der Waals surface area contributed by atoms with Gasteiger partial charge in [0.2, 0.25) is 0 Å². The number of amides is 1. The van der Waals surface area contributed by atoms with Crippen LogP contribution in [-0.4, -0.2) is 34.0 Å². The lowest BCUT2D eigenvalue weighted by Gasteiger charge is -2.27. The molecule has 1 saturated heterocycles. The number of nitrogens with zero attached hydrogens (tertiary/aromatic N) is 3. The Morgan fingerprint density at radius 2 is 1.90 bits per heavy atom. The van der Waals surface area contributed by atoms with Gasteiger partial charge in [-0.05, 0) is 62.4 Å². The van der Waals surface area contributed by atoms with Gasteiger partial charge in [0.15, 0.2) is 5.69 Å². The minimum atomic E-state index is -0.287. The molecule has 8 heteroatoms. The lowest BCUT2D eigenvalue weighted by Crippen LogP contribution is -2.32. The lowest BCUT2D eigenvalue weighted by atomic mass is 9.85. The summed E-state index contributed by atoms with van der Waals surface area (Å²) in [5.41, 5.74) is 2.03. The molecule has 2 heterocycles. The number of hydrogen-bond acceptors (Lipinski definition) is 4. The van der Waals surface area contributed by atoms with Crippen molar-refractivity contribution in [2.24, 2.45) is 5.41 Å². The topological polar surface area (TPSA) is 71.8 Å². The van der Waals surface area contributed by atoms with E-state index in [0.29, 0.717) is 5.69 Å². The average molecular weight is 424 g/mol. The van der Waals surface area contributed by atoms with Gasteiger partial charge in [-0.3, -0.25) is 4.79 Å². The van der Waals surface area contributed by atoms with Crippen molar-refractivity contribution in [1.82, 2.24) is 25.6 Å². The Kier molecular flexibility index (Phi) is 7.77. The number of halogens is 2. The molecule has 3 rings (SSSR count). The van der Waals surface area contributed by atoms with E-state index < -0.39 is 0 Å². The van der Waals surface area contributed by atoms with E-state index in [1.54, 1.807) is 12.1 Å². The standard InChI is InChI=1S/C21H30FN5O.ClH/c1-14-19(25-26-27(14)17-9-11-23-12-10-17)20(28)24-18(13-21(2,3)4)15-5-7-16(22)8-6-15;/h5-8,17-18,23H,9-13H2,1-4H3,(H,24,28);1H. The fourth-order valence-electron chi connectivity index (χ4n) is 3.73. The molecule has 2 aromatic rings. The van der Waals surface area contributed by atoms with Crippen LogP contribution in [0.3, 0.4) is 0 Å². The van der Waals surface area contributed by atoms with Crippen LogP contribution in [0.1, 0.15) is 73.9 Å². The van der Waals surface area contributed by atoms with Gasteiger partial charge in [-0.1, -0.05) is 38.1 Å². The number of rotatable bonds is 5. The van der Waals surface area contributed by atoms with Gasteiger partial charge in [0.05, 0.1) is 17.8 Å². The van der Waals surface area contributed by atoms with Crippen molar-refractivity contribution in [3.05, 3.63) is 47.0 Å². The Labute approximate surface area is 178 Å². The van der Waals surface area contributed by atoms with E-state index in [2.05, 4.69) is 41.7 Å². The number of carbonyl (C=O) groups excluding carboxylic acids is 1. The highest BCUT2D eigenvalue weighted by atomic mass is 35.5. The van der Waals surface area contributed by atoms with Crippen molar-refractivity contribution in [2.45, 2.75) is 59.0 Å². The predicted molar refractivity (Wildman–Crippen MR) is 114 cm³/mol. The van der Waals surface area contributed by atoms with Crippen molar-refractivity contribution < 1.29 is 9.18 Å². The summed E-state index contributed by atoms with van der Waals surface area (Å²) < 4.78 is 15.2. The van der Waals surface area contributed by atoms with Gasteiger partial charge in [0.25, 0.3) is 5.91 Å². The predicted octanol–water partition coefficient (Wildman–Crippen LogP) is 3.98. The summed E-state index contributed by atoms with van der Waals surface area (Å²) in [6, 6.07) is 6.36. The van der Waals surface area contributed by atoms with Crippen LogP contribution in [-0.2, 0) is 0 Å². The molecule has 0 radical (unpaired) electrons. The van der Waals surface area contributed by atoms with Gasteiger partial charge in [-0.15, -0.1) is 17.5 Å². The summed E-state index contributed by atoms with van der Waals surface area (Å²) in [5.74, 6) is -0.526. The summed E-state index contributed by atoms with van der Waals surface area (Å²) in [4.78, 5) is 13.0. The zero-order chi connectivity index (χ0) is 20.3. The lowest BCUT2D eigenvalue weighted by molar-refractivity contribution is 0.0920. The molecule has 1 aromatic heterocycles. The van der Waals surface area contributed by atoms with Crippen LogP contribution in [0.15, 0.2) is 24.3 Å². The van der Waals surface area contributed by atoms with Crippen molar-refractivity contribution in [3.8, 4) is 0 Å². The largest absolute Gasteiger partial charge is 0.344 e. The highest BCUT2D eigenvalue weighted by Crippen LogP contribution is 2.30. The highest BCUT2D eigenvalue weighted by molar-refractivity contribution is 5.93. The Hall–Kier alpha value is -1.99. The minimum absolute atomic E-state index is 0. The average Bonchev–Trinajstić information content (AvgIpc) is 3.03. The molecule has 1 fully saturated rings. The maximum atomic E-state index is 13.3. The number of nitrogens with one attached hydrogen (secondary N) is 2. The molecule has 0 bridgehead atoms. The molecule has 1 aliphatic heterocycles. The molecule has 0 saturated carbocycles. The zero-order valence-corrected chi connectivity index (χ0v) is 18.4. The van der Waals surface area contributed by atoms with Crippen molar-refractivity contribution in [3.63, 3.8) is 0 Å². The smallest absolute Gasteiger partial charge is 0.274 e. The molecule has 29 heavy (non-hydrogen) atoms. The van der Waals surface area contributed by atoms with E-state index in [1.807, 2.05) is 11.6 Å². The Morgan fingerprint density at radius 3 is 2.48 bits per heavy atom. The number of hydrogen-bond donors (Lipinski definition) is 2. The molecule has 1 aromatic carbocycles. The number of aromatic nitrogens is 3. The van der Waals surface area contributed by atoms with E-state index in [0.717, 1.165) is 43.6 Å². The van der Waals surface area contributed by atoms with Gasteiger partial charge in [-0.2, -0.15) is 0 Å². The molecule has 6 nitrogen and oxygen atoms in total. The van der Waals surface area contributed by atoms with Gasteiger partial charge in [0, 0.05) is 0 Å². The van der Waals surface area contributed by atoms with Crippen molar-refractivity contribution >= 4 is 18.3 Å². The summed E-state index contributed by atoms with van der Waals surface area (Å²) in [5, 5.41) is 14.9. The molecular weight excluding hydrogens is 393 g/mol. The molecule has 1 aliphatic rings. The number of carbonyl (C=O) groups is 1. The van der Waals surface area contributed by atoms with Gasteiger partial charge < -0.3 is 10.6 Å². The summed E-state index contributed by atoms with van der Waals surface area (Å²) in [6.07, 6.45) is 2.69. The summed E-state index contributed by atoms with van der Waals surface area (Å²) in [7, 11) is 0. The van der Waals surface area contributed by atoms with E-state index in [9.17, 15) is 9.18 Å². The van der Waals surface area contributed by atoms with Crippen LogP contribution in [0.2, 0.25) is 0 Å². The fourth-order valence-corrected chi connectivity index (χ4v) is 3.73. The molecule has 0 aliphatic carbocycles. The number of benzene rings is 1. The fraction of sp³-hybridized carbons (Fsp3) is 0.571. The van der Waals surface area contributed by atoms with Crippen LogP contribution >= 0.6 is 12.4 Å². The number of piperidine rings is 1. The van der Waals surface area contributed by atoms with Gasteiger partial charge in [-0.25, -0.2) is 9.07 Å². The quantitative estimate of drug-likeness (QED) is 0.763. The monoisotopic (exact) mass is 423 g/mol. The van der Waals surface area contributed by atoms with Crippen LogP contribution in [0, 0.1) is 18.2 Å². The second kappa shape index (κ2) is 9.67. The van der Waals surface area contributed by atoms with Crippen LogP contribution in [0.4, 0.5) is 4.39 Å². The second-order valence-corrected chi connectivity index (χ2v) is 8.79. The third kappa shape index (κ3) is 6.00. The third-order valence-electron chi connectivity index (χ3n) is 5.19. The zero-order valence-electron chi connectivity index (χ0n) is 17.5. The molecule has 1 unspecified atom stereocenters. The van der Waals surface area contributed by atoms with E-state index in [-0.39, 0.29) is 41.6 Å². The summed E-state index contributed by atoms with van der Waals surface area (Å²) >= 11 is 0. The molecule has 0 spiro atoms.